The van der Waals surface area contributed by atoms with E-state index in [1.165, 1.54) is 25.3 Å². The smallest absolute Gasteiger partial charge is 0.270 e. The van der Waals surface area contributed by atoms with Gasteiger partial charge in [0.25, 0.3) is 5.69 Å². The first-order valence-electron chi connectivity index (χ1n) is 6.48. The van der Waals surface area contributed by atoms with Crippen LogP contribution in [-0.4, -0.2) is 43.3 Å². The molecule has 0 atom stereocenters. The number of nitro benzene ring substituents is 1. The van der Waals surface area contributed by atoms with Crippen LogP contribution in [0.3, 0.4) is 0 Å². The molecule has 1 amide bonds. The summed E-state index contributed by atoms with van der Waals surface area (Å²) in [6.45, 7) is 3.98. The Labute approximate surface area is 121 Å². The zero-order valence-electron chi connectivity index (χ0n) is 11.6. The van der Waals surface area contributed by atoms with Gasteiger partial charge in [0.2, 0.25) is 5.91 Å². The molecule has 112 valence electrons. The highest BCUT2D eigenvalue weighted by molar-refractivity contribution is 5.90. The summed E-state index contributed by atoms with van der Waals surface area (Å²) in [5.74, 6) is -0.301. The molecule has 1 heterocycles. The van der Waals surface area contributed by atoms with Crippen LogP contribution in [0.2, 0.25) is 0 Å². The van der Waals surface area contributed by atoms with E-state index in [1.807, 2.05) is 0 Å². The summed E-state index contributed by atoms with van der Waals surface area (Å²) < 4.78 is 5.30. The van der Waals surface area contributed by atoms with Gasteiger partial charge in [0, 0.05) is 43.4 Å². The Balaban J connectivity index is 2.30. The molecule has 0 radical (unpaired) electrons. The molecular formula is C13H16N4O4. The van der Waals surface area contributed by atoms with Gasteiger partial charge in [-0.3, -0.25) is 14.9 Å². The van der Waals surface area contributed by atoms with Gasteiger partial charge in [0.1, 0.15) is 0 Å². The molecule has 1 aromatic carbocycles. The number of carbonyl (C=O) groups excluding carboxylic acids is 1. The summed E-state index contributed by atoms with van der Waals surface area (Å²) in [6.07, 6.45) is 1.42. The van der Waals surface area contributed by atoms with Crippen LogP contribution in [0.15, 0.2) is 23.3 Å². The van der Waals surface area contributed by atoms with Gasteiger partial charge in [-0.25, -0.2) is 5.43 Å². The molecule has 21 heavy (non-hydrogen) atoms. The molecule has 1 saturated heterocycles. The van der Waals surface area contributed by atoms with E-state index in [1.54, 1.807) is 6.07 Å². The maximum absolute atomic E-state index is 10.9. The average molecular weight is 292 g/mol. The Morgan fingerprint density at radius 3 is 2.81 bits per heavy atom. The monoisotopic (exact) mass is 292 g/mol. The van der Waals surface area contributed by atoms with Gasteiger partial charge in [-0.2, -0.15) is 5.10 Å². The average Bonchev–Trinajstić information content (AvgIpc) is 2.47. The van der Waals surface area contributed by atoms with Crippen molar-refractivity contribution in [2.75, 3.05) is 31.2 Å². The number of non-ortho nitro benzene ring substituents is 1. The number of benzene rings is 1. The topological polar surface area (TPSA) is 97.1 Å². The number of carbonyl (C=O) groups is 1. The molecule has 8 heteroatoms. The van der Waals surface area contributed by atoms with Crippen LogP contribution in [0.25, 0.3) is 0 Å². The molecule has 0 spiro atoms. The molecule has 0 aliphatic carbocycles. The fraction of sp³-hybridized carbons (Fsp3) is 0.385. The molecule has 1 aliphatic heterocycles. The normalized spacial score (nSPS) is 15.2. The van der Waals surface area contributed by atoms with Crippen LogP contribution in [-0.2, 0) is 9.53 Å². The zero-order valence-corrected chi connectivity index (χ0v) is 11.6. The molecular weight excluding hydrogens is 276 g/mol. The number of hydrazone groups is 1. The van der Waals surface area contributed by atoms with E-state index in [4.69, 9.17) is 4.74 Å². The van der Waals surface area contributed by atoms with E-state index in [-0.39, 0.29) is 11.6 Å². The second-order valence-corrected chi connectivity index (χ2v) is 4.53. The number of nitrogens with one attached hydrogen (secondary N) is 1. The van der Waals surface area contributed by atoms with E-state index < -0.39 is 4.92 Å². The second kappa shape index (κ2) is 6.80. The van der Waals surface area contributed by atoms with Crippen molar-refractivity contribution in [2.24, 2.45) is 5.10 Å². The summed E-state index contributed by atoms with van der Waals surface area (Å²) in [6, 6.07) is 4.59. The van der Waals surface area contributed by atoms with Crippen molar-refractivity contribution in [1.29, 1.82) is 0 Å². The highest BCUT2D eigenvalue weighted by Crippen LogP contribution is 2.25. The number of nitrogens with zero attached hydrogens (tertiary/aromatic N) is 3. The predicted molar refractivity (Wildman–Crippen MR) is 77.5 cm³/mol. The van der Waals surface area contributed by atoms with Crippen molar-refractivity contribution < 1.29 is 14.5 Å². The molecule has 1 aliphatic rings. The molecule has 0 saturated carbocycles. The minimum Gasteiger partial charge on any atom is -0.378 e. The molecule has 0 aromatic heterocycles. The first kappa shape index (κ1) is 14.9. The van der Waals surface area contributed by atoms with E-state index >= 15 is 0 Å². The first-order chi connectivity index (χ1) is 10.1. The second-order valence-electron chi connectivity index (χ2n) is 4.53. The molecule has 1 N–H and O–H groups in total. The van der Waals surface area contributed by atoms with Crippen molar-refractivity contribution in [3.63, 3.8) is 0 Å². The fourth-order valence-electron chi connectivity index (χ4n) is 2.04. The first-order valence-corrected chi connectivity index (χ1v) is 6.48. The van der Waals surface area contributed by atoms with Crippen molar-refractivity contribution in [2.45, 2.75) is 6.92 Å². The van der Waals surface area contributed by atoms with Crippen molar-refractivity contribution in [3.8, 4) is 0 Å². The van der Waals surface area contributed by atoms with Gasteiger partial charge < -0.3 is 9.64 Å². The van der Waals surface area contributed by atoms with Gasteiger partial charge in [-0.15, -0.1) is 0 Å². The van der Waals surface area contributed by atoms with Crippen molar-refractivity contribution in [3.05, 3.63) is 33.9 Å². The lowest BCUT2D eigenvalue weighted by molar-refractivity contribution is -0.384. The molecule has 1 aromatic rings. The third-order valence-electron chi connectivity index (χ3n) is 3.00. The third kappa shape index (κ3) is 3.99. The standard InChI is InChI=1S/C13H16N4O4/c1-10(18)15-14-9-11-8-12(17(19)20)2-3-13(11)16-4-6-21-7-5-16/h2-3,8-9H,4-7H2,1H3,(H,15,18)/b14-9-. The Hall–Kier alpha value is -2.48. The summed E-state index contributed by atoms with van der Waals surface area (Å²) in [5, 5.41) is 14.7. The predicted octanol–water partition coefficient (Wildman–Crippen LogP) is 0.901. The van der Waals surface area contributed by atoms with E-state index in [9.17, 15) is 14.9 Å². The number of hydrogen-bond acceptors (Lipinski definition) is 6. The molecule has 0 bridgehead atoms. The largest absolute Gasteiger partial charge is 0.378 e. The summed E-state index contributed by atoms with van der Waals surface area (Å²) in [4.78, 5) is 23.3. The number of ether oxygens (including phenoxy) is 1. The number of rotatable bonds is 4. The summed E-state index contributed by atoms with van der Waals surface area (Å²) in [7, 11) is 0. The Bertz CT molecular complexity index is 567. The highest BCUT2D eigenvalue weighted by Gasteiger charge is 2.17. The molecule has 1 fully saturated rings. The molecule has 8 nitrogen and oxygen atoms in total. The van der Waals surface area contributed by atoms with Crippen LogP contribution >= 0.6 is 0 Å². The zero-order chi connectivity index (χ0) is 15.2. The van der Waals surface area contributed by atoms with Crippen LogP contribution in [0.5, 0.6) is 0 Å². The Morgan fingerprint density at radius 1 is 1.48 bits per heavy atom. The summed E-state index contributed by atoms with van der Waals surface area (Å²) >= 11 is 0. The maximum atomic E-state index is 10.9. The van der Waals surface area contributed by atoms with Crippen LogP contribution in [0.4, 0.5) is 11.4 Å². The maximum Gasteiger partial charge on any atom is 0.270 e. The number of nitro groups is 1. The van der Waals surface area contributed by atoms with Gasteiger partial charge in [-0.05, 0) is 6.07 Å². The number of morpholine rings is 1. The minimum absolute atomic E-state index is 0.0173. The van der Waals surface area contributed by atoms with Crippen LogP contribution in [0, 0.1) is 10.1 Å². The van der Waals surface area contributed by atoms with Crippen LogP contribution < -0.4 is 10.3 Å². The van der Waals surface area contributed by atoms with E-state index in [2.05, 4.69) is 15.4 Å². The van der Waals surface area contributed by atoms with Gasteiger partial charge >= 0.3 is 0 Å². The van der Waals surface area contributed by atoms with Crippen LogP contribution in [0.1, 0.15) is 12.5 Å². The highest BCUT2D eigenvalue weighted by atomic mass is 16.6. The van der Waals surface area contributed by atoms with E-state index in [0.29, 0.717) is 31.9 Å². The molecule has 2 rings (SSSR count). The van der Waals surface area contributed by atoms with Crippen molar-refractivity contribution >= 4 is 23.5 Å². The Morgan fingerprint density at radius 2 is 2.19 bits per heavy atom. The summed E-state index contributed by atoms with van der Waals surface area (Å²) in [5.41, 5.74) is 3.69. The molecule has 0 unspecified atom stereocenters. The lowest BCUT2D eigenvalue weighted by atomic mass is 10.1. The van der Waals surface area contributed by atoms with Gasteiger partial charge in [0.05, 0.1) is 24.4 Å². The third-order valence-corrected chi connectivity index (χ3v) is 3.00. The SMILES string of the molecule is CC(=O)N/N=C\c1cc([N+](=O)[O-])ccc1N1CCOCC1. The lowest BCUT2D eigenvalue weighted by Crippen LogP contribution is -2.36. The van der Waals surface area contributed by atoms with Gasteiger partial charge in [-0.1, -0.05) is 0 Å². The lowest BCUT2D eigenvalue weighted by Gasteiger charge is -2.29. The van der Waals surface area contributed by atoms with Gasteiger partial charge in [0.15, 0.2) is 0 Å². The number of anilines is 1. The fourth-order valence-corrected chi connectivity index (χ4v) is 2.04. The van der Waals surface area contributed by atoms with E-state index in [0.717, 1.165) is 5.69 Å². The minimum atomic E-state index is -0.459. The number of amides is 1. The van der Waals surface area contributed by atoms with Crippen molar-refractivity contribution in [1.82, 2.24) is 5.43 Å². The quantitative estimate of drug-likeness (QED) is 0.505. The number of hydrogen-bond donors (Lipinski definition) is 1. The Kier molecular flexibility index (Phi) is 4.83.